The summed E-state index contributed by atoms with van der Waals surface area (Å²) in [6, 6.07) is 124. The van der Waals surface area contributed by atoms with E-state index in [-0.39, 0.29) is 62.3 Å². The molecule has 642 valence electrons. The molecular formula is C113H94O16. The third kappa shape index (κ3) is 16.7. The molecule has 4 fully saturated rings. The minimum absolute atomic E-state index is 0.0300. The number of ether oxygens (including phenoxy) is 12. The van der Waals surface area contributed by atoms with Gasteiger partial charge in [-0.25, -0.2) is 0 Å². The Morgan fingerprint density at radius 3 is 0.651 bits per heavy atom. The molecule has 4 N–H and O–H groups in total. The van der Waals surface area contributed by atoms with Crippen LogP contribution in [0.4, 0.5) is 0 Å². The van der Waals surface area contributed by atoms with E-state index < -0.39 is 28.5 Å². The van der Waals surface area contributed by atoms with Gasteiger partial charge in [-0.3, -0.25) is 0 Å². The van der Waals surface area contributed by atoms with Crippen LogP contribution in [0.1, 0.15) is 66.8 Å². The first kappa shape index (κ1) is 81.8. The lowest BCUT2D eigenvalue weighted by atomic mass is 9.68. The Hall–Kier alpha value is -14.2. The molecule has 16 aromatic carbocycles. The van der Waals surface area contributed by atoms with Crippen molar-refractivity contribution in [1.29, 1.82) is 0 Å². The smallest absolute Gasteiger partial charge is 0.122 e. The van der Waals surface area contributed by atoms with Crippen molar-refractivity contribution in [3.05, 3.63) is 431 Å². The van der Waals surface area contributed by atoms with Crippen molar-refractivity contribution < 1.29 is 77.3 Å². The summed E-state index contributed by atoms with van der Waals surface area (Å²) in [5, 5.41) is 44.2. The third-order valence-corrected chi connectivity index (χ3v) is 25.3. The second kappa shape index (κ2) is 35.6. The summed E-state index contributed by atoms with van der Waals surface area (Å²) in [7, 11) is 0. The molecule has 4 heterocycles. The van der Waals surface area contributed by atoms with Gasteiger partial charge in [-0.15, -0.1) is 0 Å². The average molecular weight is 1710 g/mol. The van der Waals surface area contributed by atoms with E-state index in [1.165, 1.54) is 77.9 Å². The van der Waals surface area contributed by atoms with Crippen molar-refractivity contribution in [2.24, 2.45) is 0 Å². The normalized spacial score (nSPS) is 17.4. The molecule has 3 aliphatic carbocycles. The number of aliphatic hydroxyl groups is 2. The zero-order valence-electron chi connectivity index (χ0n) is 70.8. The van der Waals surface area contributed by atoms with E-state index >= 15 is 0 Å². The van der Waals surface area contributed by atoms with E-state index in [1.54, 1.807) is 24.3 Å². The topological polar surface area (TPSA) is 205 Å². The largest absolute Gasteiger partial charge is 0.508 e. The molecule has 0 saturated carbocycles. The number of aromatic hydroxyl groups is 2. The van der Waals surface area contributed by atoms with Gasteiger partial charge in [0, 0.05) is 0 Å². The first-order valence-electron chi connectivity index (χ1n) is 44.0. The summed E-state index contributed by atoms with van der Waals surface area (Å²) in [6.07, 6.45) is -0.957. The van der Waals surface area contributed by atoms with Crippen molar-refractivity contribution in [2.45, 2.75) is 52.9 Å². The van der Waals surface area contributed by atoms with Gasteiger partial charge in [-0.05, 0) is 243 Å². The first-order valence-corrected chi connectivity index (χ1v) is 44.0. The molecule has 16 aromatic rings. The predicted octanol–water partition coefficient (Wildman–Crippen LogP) is 20.6. The van der Waals surface area contributed by atoms with Gasteiger partial charge in [0.05, 0.1) is 42.7 Å². The van der Waals surface area contributed by atoms with E-state index in [2.05, 4.69) is 267 Å². The summed E-state index contributed by atoms with van der Waals surface area (Å²) in [4.78, 5) is 0. The van der Waals surface area contributed by atoms with Crippen molar-refractivity contribution >= 4 is 21.5 Å². The van der Waals surface area contributed by atoms with Crippen LogP contribution in [0.25, 0.3) is 54.9 Å². The van der Waals surface area contributed by atoms with Crippen LogP contribution in [0.3, 0.4) is 0 Å². The Kier molecular flexibility index (Phi) is 22.6. The summed E-state index contributed by atoms with van der Waals surface area (Å²) in [5.74, 6) is 6.27. The minimum atomic E-state index is -0.894. The molecule has 4 aliphatic heterocycles. The van der Waals surface area contributed by atoms with Crippen LogP contribution in [0.5, 0.6) is 57.5 Å². The Morgan fingerprint density at radius 2 is 0.419 bits per heavy atom. The standard InChI is InChI=1S/C72H60O10.C31H26O4.C10H8O2/c73-53(39-75-55-29-19-49(20-30-55)71(51-23-33-57(34-24-51)79-43-61-45-81-61)67-13-5-1-9-63(67)64-10-2-6-14-68(64)71)41-77-59-27-17-47-18-28-60(38-48(47)37-59)78-42-54(74)40-76-56-31-21-50(22-32-56)72(52-25-35-58(36-26-52)80-44-62-46-82-62)69-15-7-3-11-65(69)66-12-4-8-16-70(66)72;1-3-7-29-27(5-1)28-6-2-4-8-30(28)31(29,21-9-13-23(14-10-21)32-17-25-19-34-25)22-11-15-24(16-12-22)33-18-26-20-35-26;11-9-3-1-7-2-4-10(12)6-8(7)5-9/h1-38,53-54,61-62,73-74H,39-46H2;1-16,25-26H,17-20H2;1-6,11-12H. The maximum absolute atomic E-state index is 11.1. The second-order valence-corrected chi connectivity index (χ2v) is 33.7. The third-order valence-electron chi connectivity index (χ3n) is 25.3. The molecule has 16 heteroatoms. The number of epoxide rings is 4. The monoisotopic (exact) mass is 1710 g/mol. The highest BCUT2D eigenvalue weighted by molar-refractivity contribution is 5.91. The molecule has 0 spiro atoms. The van der Waals surface area contributed by atoms with Gasteiger partial charge in [0.25, 0.3) is 0 Å². The van der Waals surface area contributed by atoms with Gasteiger partial charge in [-0.1, -0.05) is 243 Å². The Bertz CT molecular complexity index is 6200. The quantitative estimate of drug-likeness (QED) is 0.0309. The number of aliphatic hydroxyl groups excluding tert-OH is 2. The number of benzene rings is 16. The molecule has 0 bridgehead atoms. The molecule has 0 aromatic heterocycles. The van der Waals surface area contributed by atoms with Crippen molar-refractivity contribution in [1.82, 2.24) is 0 Å². The summed E-state index contributed by atoms with van der Waals surface area (Å²) < 4.78 is 69.8. The van der Waals surface area contributed by atoms with Crippen LogP contribution in [0, 0.1) is 0 Å². The molecule has 0 radical (unpaired) electrons. The molecule has 6 atom stereocenters. The van der Waals surface area contributed by atoms with Gasteiger partial charge < -0.3 is 77.3 Å². The highest BCUT2D eigenvalue weighted by Crippen LogP contribution is 2.60. The fourth-order valence-electron chi connectivity index (χ4n) is 18.8. The van der Waals surface area contributed by atoms with Crippen LogP contribution in [0.15, 0.2) is 364 Å². The van der Waals surface area contributed by atoms with Crippen molar-refractivity contribution in [3.63, 3.8) is 0 Å². The van der Waals surface area contributed by atoms with Gasteiger partial charge in [0.2, 0.25) is 0 Å². The number of fused-ring (bicyclic) bond motifs is 11. The zero-order valence-corrected chi connectivity index (χ0v) is 70.8. The zero-order chi connectivity index (χ0) is 86.8. The van der Waals surface area contributed by atoms with Crippen LogP contribution in [-0.2, 0) is 35.2 Å². The Balaban J connectivity index is 0.000000174. The average Bonchev–Trinajstić information content (AvgIpc) is 1.56. The van der Waals surface area contributed by atoms with E-state index in [4.69, 9.17) is 67.1 Å². The van der Waals surface area contributed by atoms with Gasteiger partial charge in [0.1, 0.15) is 147 Å². The lowest BCUT2D eigenvalue weighted by Crippen LogP contribution is -2.28. The summed E-state index contributed by atoms with van der Waals surface area (Å²) >= 11 is 0. The fraction of sp³-hybridized carbons (Fsp3) is 0.186. The van der Waals surface area contributed by atoms with Crippen molar-refractivity contribution in [3.8, 4) is 90.9 Å². The fourth-order valence-corrected chi connectivity index (χ4v) is 18.8. The van der Waals surface area contributed by atoms with Crippen molar-refractivity contribution in [2.75, 3.05) is 79.3 Å². The molecule has 16 nitrogen and oxygen atoms in total. The lowest BCUT2D eigenvalue weighted by molar-refractivity contribution is 0.0625. The van der Waals surface area contributed by atoms with Crippen LogP contribution >= 0.6 is 0 Å². The molecule has 7 aliphatic rings. The number of phenols is 2. The van der Waals surface area contributed by atoms with E-state index in [1.807, 2.05) is 72.8 Å². The van der Waals surface area contributed by atoms with E-state index in [0.29, 0.717) is 49.4 Å². The summed E-state index contributed by atoms with van der Waals surface area (Å²) in [6.45, 7) is 5.52. The minimum Gasteiger partial charge on any atom is -0.508 e. The number of hydrogen-bond acceptors (Lipinski definition) is 16. The molecule has 0 amide bonds. The molecule has 23 rings (SSSR count). The number of hydrogen-bond donors (Lipinski definition) is 4. The number of rotatable bonds is 30. The molecule has 129 heavy (non-hydrogen) atoms. The first-order chi connectivity index (χ1) is 63.5. The Labute approximate surface area is 748 Å². The maximum atomic E-state index is 11.1. The highest BCUT2D eigenvalue weighted by Gasteiger charge is 2.49. The molecular weight excluding hydrogens is 1610 g/mol. The van der Waals surface area contributed by atoms with Gasteiger partial charge in [-0.2, -0.15) is 0 Å². The number of phenolic OH excluding ortho intramolecular Hbond substituents is 2. The molecule has 4 saturated heterocycles. The van der Waals surface area contributed by atoms with Gasteiger partial charge in [0.15, 0.2) is 0 Å². The van der Waals surface area contributed by atoms with Crippen LogP contribution in [-0.4, -0.2) is 136 Å². The van der Waals surface area contributed by atoms with Gasteiger partial charge >= 0.3 is 0 Å². The van der Waals surface area contributed by atoms with Crippen LogP contribution < -0.4 is 37.9 Å². The predicted molar refractivity (Wildman–Crippen MR) is 497 cm³/mol. The lowest BCUT2D eigenvalue weighted by Gasteiger charge is -2.34. The SMILES string of the molecule is OC(COc1ccc(C2(c3ccc(OCC4CO4)cc3)c3ccccc3-c3ccccc32)cc1)COc1ccc2ccc(OCC(O)COc3ccc(C4(c5ccc(OCC6CO6)cc5)c5ccccc5-c5ccccc54)cc3)cc2c1.Oc1ccc2ccc(O)cc2c1.c1ccc2c(c1)-c1ccccc1C2(c1ccc(OCC2CO2)cc1)c1ccc(OCC2CO2)cc1. The summed E-state index contributed by atoms with van der Waals surface area (Å²) in [5.41, 5.74) is 20.2. The Morgan fingerprint density at radius 1 is 0.225 bits per heavy atom. The second-order valence-electron chi connectivity index (χ2n) is 33.7. The van der Waals surface area contributed by atoms with E-state index in [9.17, 15) is 10.2 Å². The van der Waals surface area contributed by atoms with Crippen LogP contribution in [0.2, 0.25) is 0 Å². The van der Waals surface area contributed by atoms with E-state index in [0.717, 1.165) is 93.2 Å². The maximum Gasteiger partial charge on any atom is 0.122 e. The molecule has 6 unspecified atom stereocenters. The highest BCUT2D eigenvalue weighted by atomic mass is 16.6.